The van der Waals surface area contributed by atoms with Gasteiger partial charge in [0.15, 0.2) is 4.67 Å². The Balaban J connectivity index is 2.63. The maximum Gasteiger partial charge on any atom is 0.170 e. The number of hydrogen-bond donors (Lipinski definition) is 0. The summed E-state index contributed by atoms with van der Waals surface area (Å²) >= 11 is 9.49. The van der Waals surface area contributed by atoms with Crippen molar-refractivity contribution in [1.82, 2.24) is 0 Å². The van der Waals surface area contributed by atoms with E-state index < -0.39 is 0 Å². The van der Waals surface area contributed by atoms with Gasteiger partial charge in [0.25, 0.3) is 0 Å². The minimum atomic E-state index is 0.704. The Morgan fingerprint density at radius 3 is 2.73 bits per heavy atom. The van der Waals surface area contributed by atoms with Gasteiger partial charge in [0.2, 0.25) is 0 Å². The molecular formula is C12H6BrClO. The number of hydrogen-bond acceptors (Lipinski definition) is 1. The van der Waals surface area contributed by atoms with E-state index in [0.717, 1.165) is 26.8 Å². The van der Waals surface area contributed by atoms with Crippen LogP contribution in [0.5, 0.6) is 0 Å². The van der Waals surface area contributed by atoms with Crippen molar-refractivity contribution in [3.8, 4) is 0 Å². The van der Waals surface area contributed by atoms with Crippen LogP contribution in [0.1, 0.15) is 0 Å². The molecule has 74 valence electrons. The second kappa shape index (κ2) is 3.26. The Labute approximate surface area is 99.8 Å². The number of furan rings is 1. The maximum atomic E-state index is 6.17. The van der Waals surface area contributed by atoms with Gasteiger partial charge in [0, 0.05) is 16.8 Å². The van der Waals surface area contributed by atoms with Gasteiger partial charge in [0.1, 0.15) is 5.58 Å². The van der Waals surface area contributed by atoms with Crippen LogP contribution >= 0.6 is 27.5 Å². The first-order valence-electron chi connectivity index (χ1n) is 4.52. The smallest absolute Gasteiger partial charge is 0.170 e. The van der Waals surface area contributed by atoms with Gasteiger partial charge in [0.05, 0.1) is 5.02 Å². The zero-order valence-electron chi connectivity index (χ0n) is 7.63. The first-order valence-corrected chi connectivity index (χ1v) is 5.69. The van der Waals surface area contributed by atoms with Crippen LogP contribution in [-0.2, 0) is 0 Å². The fraction of sp³-hybridized carbons (Fsp3) is 0. The van der Waals surface area contributed by atoms with Crippen LogP contribution in [0.15, 0.2) is 45.5 Å². The number of benzene rings is 2. The Bertz CT molecular complexity index is 657. The zero-order valence-corrected chi connectivity index (χ0v) is 9.97. The molecule has 2 aromatic carbocycles. The molecule has 0 aliphatic rings. The molecule has 0 radical (unpaired) electrons. The molecule has 0 amide bonds. The fourth-order valence-electron chi connectivity index (χ4n) is 1.78. The highest BCUT2D eigenvalue weighted by Crippen LogP contribution is 2.35. The SMILES string of the molecule is Clc1cc2ccccc2c2oc(Br)cc12. The van der Waals surface area contributed by atoms with Crippen molar-refractivity contribution >= 4 is 49.3 Å². The third-order valence-corrected chi connectivity index (χ3v) is 3.15. The van der Waals surface area contributed by atoms with E-state index >= 15 is 0 Å². The van der Waals surface area contributed by atoms with Gasteiger partial charge in [-0.3, -0.25) is 0 Å². The molecule has 0 saturated heterocycles. The molecular weight excluding hydrogens is 275 g/mol. The third-order valence-electron chi connectivity index (χ3n) is 2.45. The summed E-state index contributed by atoms with van der Waals surface area (Å²) in [4.78, 5) is 0. The minimum Gasteiger partial charge on any atom is -0.449 e. The number of halogens is 2. The highest BCUT2D eigenvalue weighted by atomic mass is 79.9. The molecule has 0 unspecified atom stereocenters. The van der Waals surface area contributed by atoms with Crippen LogP contribution in [0, 0.1) is 0 Å². The lowest BCUT2D eigenvalue weighted by Crippen LogP contribution is -1.74. The first-order chi connectivity index (χ1) is 7.25. The standard InChI is InChI=1S/C12H6BrClO/c13-11-6-9-10(14)5-7-3-1-2-4-8(7)12(9)15-11/h1-6H. The molecule has 1 nitrogen and oxygen atoms in total. The van der Waals surface area contributed by atoms with Gasteiger partial charge < -0.3 is 4.42 Å². The monoisotopic (exact) mass is 280 g/mol. The molecule has 0 aliphatic carbocycles. The molecule has 1 aromatic heterocycles. The Kier molecular flexibility index (Phi) is 2.01. The maximum absolute atomic E-state index is 6.17. The summed E-state index contributed by atoms with van der Waals surface area (Å²) in [6.45, 7) is 0. The first kappa shape index (κ1) is 9.25. The van der Waals surface area contributed by atoms with E-state index in [1.165, 1.54) is 0 Å². The van der Waals surface area contributed by atoms with Crippen LogP contribution < -0.4 is 0 Å². The zero-order chi connectivity index (χ0) is 10.4. The Morgan fingerprint density at radius 1 is 1.07 bits per heavy atom. The quantitative estimate of drug-likeness (QED) is 0.565. The summed E-state index contributed by atoms with van der Waals surface area (Å²) in [6, 6.07) is 11.9. The van der Waals surface area contributed by atoms with Gasteiger partial charge in [-0.05, 0) is 27.4 Å². The average molecular weight is 282 g/mol. The average Bonchev–Trinajstić information content (AvgIpc) is 2.61. The van der Waals surface area contributed by atoms with Crippen molar-refractivity contribution in [2.45, 2.75) is 0 Å². The predicted molar refractivity (Wildman–Crippen MR) is 66.4 cm³/mol. The highest BCUT2D eigenvalue weighted by molar-refractivity contribution is 9.10. The molecule has 15 heavy (non-hydrogen) atoms. The third kappa shape index (κ3) is 1.36. The van der Waals surface area contributed by atoms with E-state index in [2.05, 4.69) is 15.9 Å². The molecule has 0 N–H and O–H groups in total. The highest BCUT2D eigenvalue weighted by Gasteiger charge is 2.09. The van der Waals surface area contributed by atoms with Crippen molar-refractivity contribution in [2.75, 3.05) is 0 Å². The van der Waals surface area contributed by atoms with Crippen LogP contribution in [0.4, 0.5) is 0 Å². The molecule has 3 heteroatoms. The van der Waals surface area contributed by atoms with Crippen molar-refractivity contribution < 1.29 is 4.42 Å². The van der Waals surface area contributed by atoms with Gasteiger partial charge in [-0.25, -0.2) is 0 Å². The van der Waals surface area contributed by atoms with E-state index in [1.807, 2.05) is 36.4 Å². The number of rotatable bonds is 0. The van der Waals surface area contributed by atoms with Crippen LogP contribution in [-0.4, -0.2) is 0 Å². The molecule has 0 spiro atoms. The summed E-state index contributed by atoms with van der Waals surface area (Å²) in [5.41, 5.74) is 0.838. The van der Waals surface area contributed by atoms with E-state index in [4.69, 9.17) is 16.0 Å². The van der Waals surface area contributed by atoms with Gasteiger partial charge in [-0.1, -0.05) is 35.9 Å². The summed E-state index contributed by atoms with van der Waals surface area (Å²) < 4.78 is 6.30. The summed E-state index contributed by atoms with van der Waals surface area (Å²) in [5.74, 6) is 0. The minimum absolute atomic E-state index is 0.704. The number of fused-ring (bicyclic) bond motifs is 3. The van der Waals surface area contributed by atoms with E-state index in [-0.39, 0.29) is 0 Å². The van der Waals surface area contributed by atoms with Crippen molar-refractivity contribution in [3.05, 3.63) is 46.1 Å². The lowest BCUT2D eigenvalue weighted by molar-refractivity contribution is 0.590. The van der Waals surface area contributed by atoms with E-state index in [9.17, 15) is 0 Å². The molecule has 0 saturated carbocycles. The Morgan fingerprint density at radius 2 is 1.87 bits per heavy atom. The summed E-state index contributed by atoms with van der Waals surface area (Å²) in [7, 11) is 0. The predicted octanol–water partition coefficient (Wildman–Crippen LogP) is 5.00. The van der Waals surface area contributed by atoms with Crippen LogP contribution in [0.2, 0.25) is 5.02 Å². The molecule has 3 aromatic rings. The lowest BCUT2D eigenvalue weighted by atomic mass is 10.1. The fourth-order valence-corrected chi connectivity index (χ4v) is 2.43. The molecule has 0 atom stereocenters. The molecule has 0 aliphatic heterocycles. The van der Waals surface area contributed by atoms with Crippen LogP contribution in [0.25, 0.3) is 21.7 Å². The topological polar surface area (TPSA) is 13.1 Å². The lowest BCUT2D eigenvalue weighted by Gasteiger charge is -1.99. The van der Waals surface area contributed by atoms with Crippen molar-refractivity contribution in [1.29, 1.82) is 0 Å². The second-order valence-corrected chi connectivity index (χ2v) is 4.56. The van der Waals surface area contributed by atoms with E-state index in [0.29, 0.717) is 4.67 Å². The molecule has 1 heterocycles. The molecule has 0 bridgehead atoms. The normalized spacial score (nSPS) is 11.3. The van der Waals surface area contributed by atoms with Crippen molar-refractivity contribution in [3.63, 3.8) is 0 Å². The van der Waals surface area contributed by atoms with Crippen molar-refractivity contribution in [2.24, 2.45) is 0 Å². The molecule has 0 fully saturated rings. The summed E-state index contributed by atoms with van der Waals surface area (Å²) in [6.07, 6.45) is 0. The second-order valence-electron chi connectivity index (χ2n) is 3.37. The van der Waals surface area contributed by atoms with Gasteiger partial charge in [-0.15, -0.1) is 0 Å². The Hall–Kier alpha value is -0.990. The summed E-state index contributed by atoms with van der Waals surface area (Å²) in [5, 5.41) is 3.85. The largest absolute Gasteiger partial charge is 0.449 e. The van der Waals surface area contributed by atoms with Gasteiger partial charge >= 0.3 is 0 Å². The van der Waals surface area contributed by atoms with Crippen LogP contribution in [0.3, 0.4) is 0 Å². The van der Waals surface area contributed by atoms with E-state index in [1.54, 1.807) is 0 Å². The van der Waals surface area contributed by atoms with Gasteiger partial charge in [-0.2, -0.15) is 0 Å². The molecule has 3 rings (SSSR count).